The minimum Gasteiger partial charge on any atom is -0.496 e. The summed E-state index contributed by atoms with van der Waals surface area (Å²) in [5.74, 6) is 2.81. The molecule has 0 spiro atoms. The fourth-order valence-electron chi connectivity index (χ4n) is 3.98. The molecule has 0 radical (unpaired) electrons. The third-order valence-electron chi connectivity index (χ3n) is 5.57. The summed E-state index contributed by atoms with van der Waals surface area (Å²) in [5.41, 5.74) is 0.466. The zero-order valence-electron chi connectivity index (χ0n) is 19.1. The average molecular weight is 421 g/mol. The van der Waals surface area contributed by atoms with E-state index in [0.717, 1.165) is 37.8 Å². The third-order valence-corrected chi connectivity index (χ3v) is 5.57. The molecule has 0 atom stereocenters. The van der Waals surface area contributed by atoms with Crippen molar-refractivity contribution in [2.45, 2.75) is 39.2 Å². The lowest BCUT2D eigenvalue weighted by Gasteiger charge is -2.31. The molecule has 8 heteroatoms. The van der Waals surface area contributed by atoms with Crippen LogP contribution in [0, 0.1) is 5.41 Å². The second-order valence-corrected chi connectivity index (χ2v) is 7.75. The molecule has 2 N–H and O–H groups in total. The van der Waals surface area contributed by atoms with Crippen molar-refractivity contribution in [3.8, 4) is 17.2 Å². The first-order valence-corrected chi connectivity index (χ1v) is 10.4. The number of ether oxygens (including phenoxy) is 3. The molecular formula is C22H36N4O4. The molecule has 1 amide bonds. The smallest absolute Gasteiger partial charge is 0.230 e. The van der Waals surface area contributed by atoms with Crippen LogP contribution in [0.5, 0.6) is 17.2 Å². The van der Waals surface area contributed by atoms with Gasteiger partial charge in [0, 0.05) is 39.3 Å². The van der Waals surface area contributed by atoms with Gasteiger partial charge in [0.15, 0.2) is 5.96 Å². The molecule has 0 aromatic heterocycles. The highest BCUT2D eigenvalue weighted by Gasteiger charge is 2.42. The Hall–Kier alpha value is -2.64. The van der Waals surface area contributed by atoms with E-state index in [1.807, 2.05) is 33.2 Å². The molecule has 1 fully saturated rings. The van der Waals surface area contributed by atoms with Crippen LogP contribution in [0.4, 0.5) is 0 Å². The number of rotatable bonds is 9. The number of hydrogen-bond acceptors (Lipinski definition) is 5. The highest BCUT2D eigenvalue weighted by Crippen LogP contribution is 2.39. The molecule has 168 valence electrons. The van der Waals surface area contributed by atoms with Crippen LogP contribution in [0.25, 0.3) is 0 Å². The first kappa shape index (κ1) is 23.6. The first-order valence-electron chi connectivity index (χ1n) is 10.4. The van der Waals surface area contributed by atoms with Crippen molar-refractivity contribution in [3.05, 3.63) is 17.7 Å². The number of benzene rings is 1. The Balaban J connectivity index is 2.21. The number of guanidine groups is 1. The lowest BCUT2D eigenvalue weighted by Crippen LogP contribution is -2.49. The van der Waals surface area contributed by atoms with Crippen LogP contribution in [0.1, 0.15) is 38.2 Å². The van der Waals surface area contributed by atoms with E-state index in [4.69, 9.17) is 19.2 Å². The fourth-order valence-corrected chi connectivity index (χ4v) is 3.98. The average Bonchev–Trinajstić information content (AvgIpc) is 3.24. The predicted molar refractivity (Wildman–Crippen MR) is 119 cm³/mol. The second kappa shape index (κ2) is 10.9. The Labute approximate surface area is 180 Å². The van der Waals surface area contributed by atoms with E-state index in [-0.39, 0.29) is 11.3 Å². The molecule has 0 heterocycles. The SMILES string of the molecule is CCNC(=NCc1c(OC)cc(OC)cc1OC)NCC1(C(=O)N(C)C)CCCC1. The number of nitrogens with one attached hydrogen (secondary N) is 2. The molecule has 1 aliphatic carbocycles. The van der Waals surface area contributed by atoms with Gasteiger partial charge in [0.05, 0.1) is 38.9 Å². The van der Waals surface area contributed by atoms with Gasteiger partial charge in [-0.2, -0.15) is 0 Å². The molecule has 0 aliphatic heterocycles. The van der Waals surface area contributed by atoms with Crippen molar-refractivity contribution in [1.29, 1.82) is 0 Å². The van der Waals surface area contributed by atoms with Gasteiger partial charge in [0.1, 0.15) is 17.2 Å². The zero-order valence-corrected chi connectivity index (χ0v) is 19.1. The molecule has 1 aliphatic rings. The van der Waals surface area contributed by atoms with Crippen molar-refractivity contribution in [2.24, 2.45) is 10.4 Å². The van der Waals surface area contributed by atoms with Gasteiger partial charge in [-0.05, 0) is 19.8 Å². The molecule has 1 saturated carbocycles. The van der Waals surface area contributed by atoms with Crippen LogP contribution in [-0.2, 0) is 11.3 Å². The Bertz CT molecular complexity index is 718. The quantitative estimate of drug-likeness (QED) is 0.472. The van der Waals surface area contributed by atoms with E-state index >= 15 is 0 Å². The van der Waals surface area contributed by atoms with Gasteiger partial charge in [0.2, 0.25) is 5.91 Å². The van der Waals surface area contributed by atoms with Crippen LogP contribution in [0.3, 0.4) is 0 Å². The van der Waals surface area contributed by atoms with E-state index in [1.165, 1.54) is 0 Å². The number of aliphatic imine (C=N–C) groups is 1. The summed E-state index contributed by atoms with van der Waals surface area (Å²) in [4.78, 5) is 19.2. The highest BCUT2D eigenvalue weighted by atomic mass is 16.5. The largest absolute Gasteiger partial charge is 0.496 e. The lowest BCUT2D eigenvalue weighted by molar-refractivity contribution is -0.138. The van der Waals surface area contributed by atoms with Crippen molar-refractivity contribution < 1.29 is 19.0 Å². The molecule has 1 aromatic carbocycles. The minimum atomic E-state index is -0.366. The van der Waals surface area contributed by atoms with Crippen molar-refractivity contribution >= 4 is 11.9 Å². The summed E-state index contributed by atoms with van der Waals surface area (Å²) in [6.45, 7) is 3.66. The van der Waals surface area contributed by atoms with Crippen molar-refractivity contribution in [2.75, 3.05) is 48.5 Å². The van der Waals surface area contributed by atoms with Gasteiger partial charge < -0.3 is 29.7 Å². The number of hydrogen-bond donors (Lipinski definition) is 2. The van der Waals surface area contributed by atoms with E-state index in [0.29, 0.717) is 36.3 Å². The standard InChI is InChI=1S/C22H36N4O4/c1-7-23-21(25-15-22(10-8-9-11-22)20(27)26(2)3)24-14-17-18(29-5)12-16(28-4)13-19(17)30-6/h12-13H,7-11,14-15H2,1-6H3,(H2,23,24,25). The number of nitrogens with zero attached hydrogens (tertiary/aromatic N) is 2. The van der Waals surface area contributed by atoms with Gasteiger partial charge in [-0.3, -0.25) is 4.79 Å². The van der Waals surface area contributed by atoms with E-state index < -0.39 is 0 Å². The molecule has 0 bridgehead atoms. The Morgan fingerprint density at radius 2 is 1.67 bits per heavy atom. The third kappa shape index (κ3) is 5.49. The van der Waals surface area contributed by atoms with Crippen LogP contribution in [0.15, 0.2) is 17.1 Å². The number of methoxy groups -OCH3 is 3. The topological polar surface area (TPSA) is 84.4 Å². The van der Waals surface area contributed by atoms with Crippen molar-refractivity contribution in [1.82, 2.24) is 15.5 Å². The predicted octanol–water partition coefficient (Wildman–Crippen LogP) is 2.42. The molecule has 8 nitrogen and oxygen atoms in total. The van der Waals surface area contributed by atoms with Crippen LogP contribution in [0.2, 0.25) is 0 Å². The maximum Gasteiger partial charge on any atom is 0.230 e. The van der Waals surface area contributed by atoms with E-state index in [1.54, 1.807) is 26.2 Å². The van der Waals surface area contributed by atoms with Crippen LogP contribution >= 0.6 is 0 Å². The normalized spacial score (nSPS) is 15.5. The number of carbonyl (C=O) groups excluding carboxylic acids is 1. The Morgan fingerprint density at radius 1 is 1.07 bits per heavy atom. The number of carbonyl (C=O) groups is 1. The maximum absolute atomic E-state index is 12.8. The summed E-state index contributed by atoms with van der Waals surface area (Å²) < 4.78 is 16.3. The molecule has 0 saturated heterocycles. The summed E-state index contributed by atoms with van der Waals surface area (Å²) in [6.07, 6.45) is 3.96. The Kier molecular flexibility index (Phi) is 8.62. The molecule has 0 unspecified atom stereocenters. The second-order valence-electron chi connectivity index (χ2n) is 7.75. The zero-order chi connectivity index (χ0) is 22.1. The van der Waals surface area contributed by atoms with E-state index in [2.05, 4.69) is 10.6 Å². The monoisotopic (exact) mass is 420 g/mol. The molecular weight excluding hydrogens is 384 g/mol. The summed E-state index contributed by atoms with van der Waals surface area (Å²) >= 11 is 0. The van der Waals surface area contributed by atoms with Gasteiger partial charge in [-0.1, -0.05) is 12.8 Å². The molecule has 2 rings (SSSR count). The van der Waals surface area contributed by atoms with Crippen LogP contribution < -0.4 is 24.8 Å². The maximum atomic E-state index is 12.8. The summed E-state index contributed by atoms with van der Waals surface area (Å²) in [5, 5.41) is 6.66. The minimum absolute atomic E-state index is 0.182. The van der Waals surface area contributed by atoms with Gasteiger partial charge >= 0.3 is 0 Å². The van der Waals surface area contributed by atoms with Gasteiger partial charge in [-0.25, -0.2) is 4.99 Å². The lowest BCUT2D eigenvalue weighted by atomic mass is 9.84. The van der Waals surface area contributed by atoms with Gasteiger partial charge in [-0.15, -0.1) is 0 Å². The molecule has 1 aromatic rings. The van der Waals surface area contributed by atoms with Gasteiger partial charge in [0.25, 0.3) is 0 Å². The first-order chi connectivity index (χ1) is 14.4. The molecule has 30 heavy (non-hydrogen) atoms. The summed E-state index contributed by atoms with van der Waals surface area (Å²) in [7, 11) is 8.48. The fraction of sp³-hybridized carbons (Fsp3) is 0.636. The highest BCUT2D eigenvalue weighted by molar-refractivity contribution is 5.85. The van der Waals surface area contributed by atoms with E-state index in [9.17, 15) is 4.79 Å². The number of amides is 1. The van der Waals surface area contributed by atoms with Crippen LogP contribution in [-0.4, -0.2) is 65.3 Å². The van der Waals surface area contributed by atoms with Crippen molar-refractivity contribution in [3.63, 3.8) is 0 Å². The Morgan fingerprint density at radius 3 is 2.13 bits per heavy atom. The summed E-state index contributed by atoms with van der Waals surface area (Å²) in [6, 6.07) is 3.63.